The number of fused-ring (bicyclic) bond motifs is 1. The van der Waals surface area contributed by atoms with E-state index in [0.29, 0.717) is 49.1 Å². The van der Waals surface area contributed by atoms with Crippen LogP contribution in [0.1, 0.15) is 128 Å². The van der Waals surface area contributed by atoms with E-state index >= 15 is 0 Å². The zero-order chi connectivity index (χ0) is 35.2. The maximum absolute atomic E-state index is 11.1. The van der Waals surface area contributed by atoms with Crippen molar-refractivity contribution < 1.29 is 28.5 Å². The van der Waals surface area contributed by atoms with Crippen molar-refractivity contribution in [2.24, 2.45) is 23.7 Å². The van der Waals surface area contributed by atoms with Crippen LogP contribution in [0.5, 0.6) is 0 Å². The third kappa shape index (κ3) is 14.9. The van der Waals surface area contributed by atoms with Gasteiger partial charge in [-0.25, -0.2) is 20.4 Å². The molecule has 0 aromatic carbocycles. The largest absolute Gasteiger partial charge is 0.463 e. The van der Waals surface area contributed by atoms with Gasteiger partial charge in [0.05, 0.1) is 37.5 Å². The predicted octanol–water partition coefficient (Wildman–Crippen LogP) is 7.37. The number of ether oxygens (including phenoxy) is 4. The van der Waals surface area contributed by atoms with Crippen LogP contribution in [0.3, 0.4) is 0 Å². The fourth-order valence-corrected chi connectivity index (χ4v) is 7.94. The zero-order valence-electron chi connectivity index (χ0n) is 30.6. The molecule has 4 atom stereocenters. The molecule has 0 aromatic heterocycles. The van der Waals surface area contributed by atoms with Crippen molar-refractivity contribution in [3.05, 3.63) is 25.3 Å². The summed E-state index contributed by atoms with van der Waals surface area (Å²) in [6, 6.07) is 0.407. The van der Waals surface area contributed by atoms with Crippen molar-refractivity contribution in [2.45, 2.75) is 153 Å². The van der Waals surface area contributed by atoms with Crippen molar-refractivity contribution in [1.29, 1.82) is 0 Å². The fourth-order valence-electron chi connectivity index (χ4n) is 7.94. The lowest BCUT2D eigenvalue weighted by Gasteiger charge is -2.43. The number of hydrogen-bond donors (Lipinski definition) is 2. The molecule has 8 heteroatoms. The standard InChI is InChI=1S/C42H64N2O6/c1-3-41(45)49-31-13-7-5-11-29-47-35-23-17-33(18-24-35)21-27-39-37-15-9-10-16-38(37)40(44-43-39)28-22-34-19-25-36(26-20-34)48-30-12-6-8-14-32-50-42(46)4-2/h3-4,33-40,43-44H,1-2,5-20,23-26,29-32H2. The SMILES string of the molecule is C=CC(=O)OCCCCCCOC1CCC(C#CC2NNC(C#CC3CCC(OCCCCCCOC(=O)C=C)CC3)C3CCCCC23)CC1. The summed E-state index contributed by atoms with van der Waals surface area (Å²) in [4.78, 5) is 22.2. The van der Waals surface area contributed by atoms with Gasteiger partial charge in [0.1, 0.15) is 0 Å². The van der Waals surface area contributed by atoms with E-state index in [4.69, 9.17) is 18.9 Å². The van der Waals surface area contributed by atoms with E-state index in [1.165, 1.54) is 37.8 Å². The molecule has 1 heterocycles. The zero-order valence-corrected chi connectivity index (χ0v) is 30.6. The van der Waals surface area contributed by atoms with Crippen molar-refractivity contribution in [3.63, 3.8) is 0 Å². The van der Waals surface area contributed by atoms with Gasteiger partial charge in [-0.3, -0.25) is 0 Å². The Morgan fingerprint density at radius 2 is 0.900 bits per heavy atom. The first-order chi connectivity index (χ1) is 24.6. The second-order valence-electron chi connectivity index (χ2n) is 14.7. The number of carbonyl (C=O) groups is 2. The third-order valence-electron chi connectivity index (χ3n) is 11.0. The van der Waals surface area contributed by atoms with E-state index in [1.807, 2.05) is 0 Å². The van der Waals surface area contributed by atoms with E-state index in [-0.39, 0.29) is 24.0 Å². The third-order valence-corrected chi connectivity index (χ3v) is 11.0. The summed E-state index contributed by atoms with van der Waals surface area (Å²) in [6.45, 7) is 9.41. The summed E-state index contributed by atoms with van der Waals surface area (Å²) in [5.41, 5.74) is 7.20. The highest BCUT2D eigenvalue weighted by Crippen LogP contribution is 2.37. The molecule has 2 N–H and O–H groups in total. The van der Waals surface area contributed by atoms with E-state index in [0.717, 1.165) is 116 Å². The van der Waals surface area contributed by atoms with E-state index in [2.05, 4.69) is 47.7 Å². The average molecular weight is 693 g/mol. The molecule has 1 saturated heterocycles. The Hall–Kier alpha value is -2.62. The number of nitrogens with one attached hydrogen (secondary N) is 2. The molecule has 3 saturated carbocycles. The van der Waals surface area contributed by atoms with Crippen LogP contribution in [0, 0.1) is 47.4 Å². The van der Waals surface area contributed by atoms with Gasteiger partial charge >= 0.3 is 11.9 Å². The highest BCUT2D eigenvalue weighted by Gasteiger charge is 2.39. The molecule has 8 nitrogen and oxygen atoms in total. The van der Waals surface area contributed by atoms with Gasteiger partial charge < -0.3 is 18.9 Å². The topological polar surface area (TPSA) is 95.1 Å². The van der Waals surface area contributed by atoms with Crippen molar-refractivity contribution in [1.82, 2.24) is 10.9 Å². The molecule has 0 radical (unpaired) electrons. The van der Waals surface area contributed by atoms with Gasteiger partial charge in [-0.05, 0) is 115 Å². The lowest BCUT2D eigenvalue weighted by Crippen LogP contribution is -2.60. The minimum Gasteiger partial charge on any atom is -0.463 e. The van der Waals surface area contributed by atoms with E-state index in [9.17, 15) is 9.59 Å². The molecule has 0 aromatic rings. The molecule has 4 unspecified atom stereocenters. The smallest absolute Gasteiger partial charge is 0.330 e. The quantitative estimate of drug-likeness (QED) is 0.0666. The molecule has 4 fully saturated rings. The number of unbranched alkanes of at least 4 members (excludes halogenated alkanes) is 6. The second-order valence-corrected chi connectivity index (χ2v) is 14.7. The van der Waals surface area contributed by atoms with Crippen LogP contribution in [0.25, 0.3) is 0 Å². The Labute approximate surface area is 302 Å². The predicted molar refractivity (Wildman–Crippen MR) is 197 cm³/mol. The molecule has 0 spiro atoms. The minimum absolute atomic E-state index is 0.204. The second kappa shape index (κ2) is 23.8. The van der Waals surface area contributed by atoms with Gasteiger partial charge in [-0.15, -0.1) is 0 Å². The molecule has 4 aliphatic rings. The Morgan fingerprint density at radius 3 is 1.28 bits per heavy atom. The number of esters is 2. The van der Waals surface area contributed by atoms with Crippen LogP contribution in [-0.4, -0.2) is 62.7 Å². The molecule has 0 bridgehead atoms. The van der Waals surface area contributed by atoms with Crippen molar-refractivity contribution in [3.8, 4) is 23.7 Å². The van der Waals surface area contributed by atoms with Crippen LogP contribution < -0.4 is 10.9 Å². The summed E-state index contributed by atoms with van der Waals surface area (Å²) in [5.74, 6) is 16.1. The highest BCUT2D eigenvalue weighted by atomic mass is 16.5. The Kier molecular flexibility index (Phi) is 19.1. The van der Waals surface area contributed by atoms with Crippen LogP contribution in [0.2, 0.25) is 0 Å². The molecule has 4 rings (SSSR count). The maximum Gasteiger partial charge on any atom is 0.330 e. The van der Waals surface area contributed by atoms with Crippen LogP contribution in [0.4, 0.5) is 0 Å². The maximum atomic E-state index is 11.1. The number of hydrazine groups is 1. The molecule has 278 valence electrons. The van der Waals surface area contributed by atoms with Crippen molar-refractivity contribution in [2.75, 3.05) is 26.4 Å². The number of hydrogen-bond acceptors (Lipinski definition) is 8. The number of carbonyl (C=O) groups excluding carboxylic acids is 2. The van der Waals surface area contributed by atoms with E-state index in [1.54, 1.807) is 0 Å². The minimum atomic E-state index is -0.340. The van der Waals surface area contributed by atoms with Crippen LogP contribution in [-0.2, 0) is 28.5 Å². The molecule has 50 heavy (non-hydrogen) atoms. The summed E-state index contributed by atoms with van der Waals surface area (Å²) in [7, 11) is 0. The van der Waals surface area contributed by atoms with Gasteiger partial charge in [0.15, 0.2) is 0 Å². The first-order valence-corrected chi connectivity index (χ1v) is 19.9. The van der Waals surface area contributed by atoms with Crippen molar-refractivity contribution >= 4 is 11.9 Å². The van der Waals surface area contributed by atoms with Gasteiger partial charge in [0.2, 0.25) is 0 Å². The Balaban J connectivity index is 1.08. The first-order valence-electron chi connectivity index (χ1n) is 19.9. The molecular formula is C42H64N2O6. The molecule has 3 aliphatic carbocycles. The summed E-state index contributed by atoms with van der Waals surface area (Å²) >= 11 is 0. The van der Waals surface area contributed by atoms with Crippen LogP contribution >= 0.6 is 0 Å². The first kappa shape index (κ1) is 40.2. The summed E-state index contributed by atoms with van der Waals surface area (Å²) in [5, 5.41) is 0. The lowest BCUT2D eigenvalue weighted by molar-refractivity contribution is -0.138. The van der Waals surface area contributed by atoms with E-state index < -0.39 is 0 Å². The average Bonchev–Trinajstić information content (AvgIpc) is 3.16. The number of rotatable bonds is 18. The van der Waals surface area contributed by atoms with Gasteiger partial charge in [0, 0.05) is 37.2 Å². The Morgan fingerprint density at radius 1 is 0.520 bits per heavy atom. The molecule has 1 aliphatic heterocycles. The van der Waals surface area contributed by atoms with Gasteiger partial charge in [0.25, 0.3) is 0 Å². The highest BCUT2D eigenvalue weighted by molar-refractivity contribution is 5.81. The van der Waals surface area contributed by atoms with Gasteiger partial charge in [-0.1, -0.05) is 62.5 Å². The molecule has 0 amide bonds. The summed E-state index contributed by atoms with van der Waals surface area (Å²) < 4.78 is 22.4. The van der Waals surface area contributed by atoms with Crippen LogP contribution in [0.15, 0.2) is 25.3 Å². The molecular weight excluding hydrogens is 628 g/mol. The normalized spacial score (nSPS) is 29.2. The fraction of sp³-hybridized carbons (Fsp3) is 0.762. The lowest BCUT2D eigenvalue weighted by atomic mass is 9.71. The van der Waals surface area contributed by atoms with Gasteiger partial charge in [-0.2, -0.15) is 0 Å². The monoisotopic (exact) mass is 692 g/mol. The summed E-state index contributed by atoms with van der Waals surface area (Å²) in [6.07, 6.45) is 25.3. The Bertz CT molecular complexity index is 1060.